The number of hydrogen-bond acceptors (Lipinski definition) is 3. The average Bonchev–Trinajstić information content (AvgIpc) is 2.66. The Morgan fingerprint density at radius 1 is 1.27 bits per heavy atom. The number of allylic oxidation sites excluding steroid dienone is 1. The molecule has 6 atom stereocenters. The molecule has 0 heterocycles. The van der Waals surface area contributed by atoms with Crippen LogP contribution in [-0.4, -0.2) is 34.6 Å². The van der Waals surface area contributed by atoms with E-state index in [9.17, 15) is 10.2 Å². The molecule has 0 aromatic heterocycles. The van der Waals surface area contributed by atoms with Crippen molar-refractivity contribution >= 4 is 0 Å². The zero-order valence-electron chi connectivity index (χ0n) is 20.8. The van der Waals surface area contributed by atoms with E-state index in [1.54, 1.807) is 0 Å². The molecule has 0 aliphatic heterocycles. The van der Waals surface area contributed by atoms with Crippen molar-refractivity contribution < 1.29 is 14.9 Å². The first-order valence-corrected chi connectivity index (χ1v) is 12.8. The number of aliphatic hydroxyl groups is 2. The van der Waals surface area contributed by atoms with Gasteiger partial charge in [0.2, 0.25) is 0 Å². The molecule has 2 rings (SSSR count). The Bertz CT molecular complexity index is 535. The van der Waals surface area contributed by atoms with Crippen molar-refractivity contribution in [3.8, 4) is 0 Å². The van der Waals surface area contributed by atoms with Crippen LogP contribution in [0, 0.1) is 23.2 Å². The minimum atomic E-state index is -0.659. The van der Waals surface area contributed by atoms with E-state index in [2.05, 4.69) is 33.8 Å². The first-order valence-electron chi connectivity index (χ1n) is 12.8. The van der Waals surface area contributed by atoms with E-state index in [-0.39, 0.29) is 12.2 Å². The summed E-state index contributed by atoms with van der Waals surface area (Å²) in [6.07, 6.45) is 15.0. The van der Waals surface area contributed by atoms with Crippen molar-refractivity contribution in [1.29, 1.82) is 0 Å². The molecule has 2 aliphatic rings. The van der Waals surface area contributed by atoms with Crippen LogP contribution >= 0.6 is 0 Å². The summed E-state index contributed by atoms with van der Waals surface area (Å²) in [7, 11) is 0. The van der Waals surface area contributed by atoms with E-state index in [1.807, 2.05) is 13.8 Å². The summed E-state index contributed by atoms with van der Waals surface area (Å²) in [5.74, 6) is 1.97. The standard InChI is InChI=1S/C27H50O3/c1-7-10-25(21(3)30-18-17-26(4,5)29)27(6)16-9-12-23(20(27)2)15-14-22-11-8-13-24(28)19-22/h14,20-21,23-25,28-29H,7-13,15-19H2,1-6H3/b22-14-. The van der Waals surface area contributed by atoms with E-state index in [4.69, 9.17) is 4.74 Å². The Hall–Kier alpha value is -0.380. The summed E-state index contributed by atoms with van der Waals surface area (Å²) in [5, 5.41) is 20.0. The van der Waals surface area contributed by atoms with Crippen LogP contribution < -0.4 is 0 Å². The summed E-state index contributed by atoms with van der Waals surface area (Å²) >= 11 is 0. The molecule has 0 aromatic rings. The maximum Gasteiger partial charge on any atom is 0.0613 e. The van der Waals surface area contributed by atoms with Gasteiger partial charge >= 0.3 is 0 Å². The minimum absolute atomic E-state index is 0.116. The van der Waals surface area contributed by atoms with Crippen molar-refractivity contribution in [2.75, 3.05) is 6.61 Å². The summed E-state index contributed by atoms with van der Waals surface area (Å²) in [6, 6.07) is 0. The second-order valence-corrected chi connectivity index (χ2v) is 11.3. The maximum absolute atomic E-state index is 10.0. The highest BCUT2D eigenvalue weighted by Gasteiger charge is 2.46. The first kappa shape index (κ1) is 25.9. The highest BCUT2D eigenvalue weighted by molar-refractivity contribution is 5.08. The molecule has 2 N–H and O–H groups in total. The fraction of sp³-hybridized carbons (Fsp3) is 0.926. The second-order valence-electron chi connectivity index (χ2n) is 11.3. The molecule has 2 aliphatic carbocycles. The minimum Gasteiger partial charge on any atom is -0.393 e. The van der Waals surface area contributed by atoms with Crippen LogP contribution in [-0.2, 0) is 4.74 Å². The van der Waals surface area contributed by atoms with Gasteiger partial charge in [-0.3, -0.25) is 0 Å². The van der Waals surface area contributed by atoms with Crippen LogP contribution in [0.25, 0.3) is 0 Å². The fourth-order valence-corrected chi connectivity index (χ4v) is 6.20. The van der Waals surface area contributed by atoms with Gasteiger partial charge in [-0.25, -0.2) is 0 Å². The number of rotatable bonds is 10. The third-order valence-electron chi connectivity index (χ3n) is 8.39. The maximum atomic E-state index is 10.0. The van der Waals surface area contributed by atoms with Gasteiger partial charge in [0, 0.05) is 6.61 Å². The predicted octanol–water partition coefficient (Wildman–Crippen LogP) is 6.66. The predicted molar refractivity (Wildman–Crippen MR) is 127 cm³/mol. The van der Waals surface area contributed by atoms with Gasteiger partial charge in [0.25, 0.3) is 0 Å². The quantitative estimate of drug-likeness (QED) is 0.387. The monoisotopic (exact) mass is 422 g/mol. The second kappa shape index (κ2) is 11.5. The Morgan fingerprint density at radius 2 is 2.00 bits per heavy atom. The summed E-state index contributed by atoms with van der Waals surface area (Å²) < 4.78 is 6.30. The Labute approximate surface area is 186 Å². The van der Waals surface area contributed by atoms with Crippen LogP contribution in [0.1, 0.15) is 112 Å². The van der Waals surface area contributed by atoms with Gasteiger partial charge in [-0.1, -0.05) is 45.3 Å². The number of hydrogen-bond donors (Lipinski definition) is 2. The van der Waals surface area contributed by atoms with E-state index in [0.717, 1.165) is 25.2 Å². The third kappa shape index (κ3) is 7.35. The summed E-state index contributed by atoms with van der Waals surface area (Å²) in [5.41, 5.74) is 1.13. The zero-order chi connectivity index (χ0) is 22.4. The Balaban J connectivity index is 2.04. The topological polar surface area (TPSA) is 49.7 Å². The van der Waals surface area contributed by atoms with Gasteiger partial charge in [0.15, 0.2) is 0 Å². The number of ether oxygens (including phenoxy) is 1. The molecule has 0 spiro atoms. The van der Waals surface area contributed by atoms with Crippen molar-refractivity contribution in [1.82, 2.24) is 0 Å². The normalized spacial score (nSPS) is 34.1. The molecule has 30 heavy (non-hydrogen) atoms. The van der Waals surface area contributed by atoms with Crippen LogP contribution in [0.15, 0.2) is 11.6 Å². The van der Waals surface area contributed by atoms with Crippen LogP contribution in [0.3, 0.4) is 0 Å². The van der Waals surface area contributed by atoms with Crippen LogP contribution in [0.2, 0.25) is 0 Å². The lowest BCUT2D eigenvalue weighted by molar-refractivity contribution is -0.0839. The van der Waals surface area contributed by atoms with E-state index < -0.39 is 5.60 Å². The van der Waals surface area contributed by atoms with Gasteiger partial charge in [-0.15, -0.1) is 0 Å². The molecule has 2 fully saturated rings. The largest absolute Gasteiger partial charge is 0.393 e. The van der Waals surface area contributed by atoms with Gasteiger partial charge in [-0.2, -0.15) is 0 Å². The molecule has 3 heteroatoms. The molecule has 176 valence electrons. The highest BCUT2D eigenvalue weighted by Crippen LogP contribution is 2.52. The van der Waals surface area contributed by atoms with E-state index >= 15 is 0 Å². The van der Waals surface area contributed by atoms with Gasteiger partial charge in [0.05, 0.1) is 17.8 Å². The summed E-state index contributed by atoms with van der Waals surface area (Å²) in [4.78, 5) is 0. The van der Waals surface area contributed by atoms with Crippen molar-refractivity contribution in [2.45, 2.75) is 130 Å². The molecule has 0 saturated heterocycles. The van der Waals surface area contributed by atoms with Gasteiger partial charge in [0.1, 0.15) is 0 Å². The van der Waals surface area contributed by atoms with Crippen LogP contribution in [0.5, 0.6) is 0 Å². The molecule has 0 amide bonds. The Kier molecular flexibility index (Phi) is 9.90. The van der Waals surface area contributed by atoms with Crippen molar-refractivity contribution in [3.63, 3.8) is 0 Å². The van der Waals surface area contributed by atoms with Crippen molar-refractivity contribution in [2.24, 2.45) is 23.2 Å². The molecule has 0 bridgehead atoms. The molecular weight excluding hydrogens is 372 g/mol. The lowest BCUT2D eigenvalue weighted by Gasteiger charge is -2.51. The van der Waals surface area contributed by atoms with Crippen molar-refractivity contribution in [3.05, 3.63) is 11.6 Å². The molecular formula is C27H50O3. The van der Waals surface area contributed by atoms with E-state index in [0.29, 0.717) is 30.3 Å². The Morgan fingerprint density at radius 3 is 2.63 bits per heavy atom. The lowest BCUT2D eigenvalue weighted by Crippen LogP contribution is -2.45. The smallest absolute Gasteiger partial charge is 0.0613 e. The van der Waals surface area contributed by atoms with E-state index in [1.165, 1.54) is 50.5 Å². The molecule has 3 nitrogen and oxygen atoms in total. The van der Waals surface area contributed by atoms with Gasteiger partial charge in [-0.05, 0) is 102 Å². The highest BCUT2D eigenvalue weighted by atomic mass is 16.5. The number of aliphatic hydroxyl groups excluding tert-OH is 1. The zero-order valence-corrected chi connectivity index (χ0v) is 20.8. The first-order chi connectivity index (χ1) is 14.1. The molecule has 6 unspecified atom stereocenters. The fourth-order valence-electron chi connectivity index (χ4n) is 6.20. The lowest BCUT2D eigenvalue weighted by atomic mass is 9.55. The molecule has 0 aromatic carbocycles. The molecule has 0 radical (unpaired) electrons. The summed E-state index contributed by atoms with van der Waals surface area (Å²) in [6.45, 7) is 13.9. The molecule has 2 saturated carbocycles. The average molecular weight is 423 g/mol. The van der Waals surface area contributed by atoms with Crippen LogP contribution in [0.4, 0.5) is 0 Å². The van der Waals surface area contributed by atoms with Gasteiger partial charge < -0.3 is 14.9 Å². The SMILES string of the molecule is CCCC(C(C)OCCC(C)(C)O)C1(C)CCCC(C/C=C2/CCCC(O)C2)C1C. The third-order valence-corrected chi connectivity index (χ3v) is 8.39.